The number of piperidine rings is 1. The maximum atomic E-state index is 12.2. The van der Waals surface area contributed by atoms with Gasteiger partial charge in [-0.15, -0.1) is 0 Å². The summed E-state index contributed by atoms with van der Waals surface area (Å²) < 4.78 is 16.2. The minimum Gasteiger partial charge on any atom is -0.466 e. The number of methoxy groups -OCH3 is 1. The highest BCUT2D eigenvalue weighted by molar-refractivity contribution is 6.34. The second-order valence-electron chi connectivity index (χ2n) is 9.80. The Labute approximate surface area is 221 Å². The van der Waals surface area contributed by atoms with E-state index in [1.54, 1.807) is 24.5 Å². The third-order valence-electron chi connectivity index (χ3n) is 5.95. The summed E-state index contributed by atoms with van der Waals surface area (Å²) in [6, 6.07) is 9.53. The molecule has 10 heteroatoms. The number of fused-ring (bicyclic) bond motifs is 1. The molecule has 3 heterocycles. The van der Waals surface area contributed by atoms with E-state index in [1.807, 2.05) is 32.9 Å². The molecule has 0 atom stereocenters. The van der Waals surface area contributed by atoms with E-state index in [-0.39, 0.29) is 12.8 Å². The van der Waals surface area contributed by atoms with Crippen LogP contribution in [0.4, 0.5) is 10.5 Å². The molecule has 1 aliphatic rings. The molecule has 0 radical (unpaired) electrons. The lowest BCUT2D eigenvalue weighted by Crippen LogP contribution is -2.46. The number of anilines is 1. The minimum atomic E-state index is -0.541. The zero-order chi connectivity index (χ0) is 26.6. The molecule has 0 bridgehead atoms. The number of hydrogen-bond donors (Lipinski definition) is 1. The van der Waals surface area contributed by atoms with Crippen LogP contribution in [0.5, 0.6) is 5.75 Å². The van der Waals surface area contributed by atoms with Crippen LogP contribution in [0.25, 0.3) is 22.2 Å². The van der Waals surface area contributed by atoms with Crippen LogP contribution in [0, 0.1) is 11.3 Å². The van der Waals surface area contributed by atoms with E-state index in [0.29, 0.717) is 35.1 Å². The second kappa shape index (κ2) is 11.2. The fourth-order valence-electron chi connectivity index (χ4n) is 4.36. The summed E-state index contributed by atoms with van der Waals surface area (Å²) in [5.41, 5.74) is 2.75. The Morgan fingerprint density at radius 1 is 1.24 bits per heavy atom. The molecule has 1 N–H and O–H groups in total. The number of carbonyl (C=O) groups is 1. The Morgan fingerprint density at radius 3 is 2.65 bits per heavy atom. The van der Waals surface area contributed by atoms with Crippen molar-refractivity contribution in [1.29, 1.82) is 5.26 Å². The largest absolute Gasteiger partial charge is 0.466 e. The average molecular weight is 524 g/mol. The van der Waals surface area contributed by atoms with Gasteiger partial charge in [0.25, 0.3) is 0 Å². The Morgan fingerprint density at radius 2 is 1.97 bits per heavy atom. The summed E-state index contributed by atoms with van der Waals surface area (Å²) in [6.07, 6.45) is 4.40. The molecule has 1 amide bonds. The number of pyridine rings is 2. The van der Waals surface area contributed by atoms with Crippen LogP contribution in [-0.4, -0.2) is 54.7 Å². The van der Waals surface area contributed by atoms with Crippen molar-refractivity contribution in [2.75, 3.05) is 31.9 Å². The van der Waals surface area contributed by atoms with Crippen molar-refractivity contribution in [2.45, 2.75) is 45.3 Å². The first-order valence-electron chi connectivity index (χ1n) is 12.0. The Hall–Kier alpha value is -3.61. The first-order valence-corrected chi connectivity index (χ1v) is 12.4. The summed E-state index contributed by atoms with van der Waals surface area (Å²) in [5.74, 6) is 0.429. The number of nitrogens with zero attached hydrogens (tertiary/aromatic N) is 4. The molecular weight excluding hydrogens is 494 g/mol. The number of alkyl carbamates (subject to hydrolysis) is 1. The van der Waals surface area contributed by atoms with E-state index in [1.165, 1.54) is 7.11 Å². The van der Waals surface area contributed by atoms with Crippen LogP contribution in [0.15, 0.2) is 36.7 Å². The third kappa shape index (κ3) is 6.21. The molecule has 2 aromatic heterocycles. The molecule has 3 aromatic rings. The van der Waals surface area contributed by atoms with Crippen LogP contribution >= 0.6 is 11.6 Å². The van der Waals surface area contributed by atoms with Crippen LogP contribution in [-0.2, 0) is 9.47 Å². The summed E-state index contributed by atoms with van der Waals surface area (Å²) >= 11 is 6.67. The van der Waals surface area contributed by atoms with E-state index in [2.05, 4.69) is 26.3 Å². The van der Waals surface area contributed by atoms with Crippen molar-refractivity contribution in [1.82, 2.24) is 15.3 Å². The molecule has 0 aliphatic carbocycles. The Bertz CT molecular complexity index is 1330. The molecule has 4 rings (SSSR count). The van der Waals surface area contributed by atoms with Crippen molar-refractivity contribution in [3.05, 3.63) is 47.2 Å². The maximum absolute atomic E-state index is 12.2. The van der Waals surface area contributed by atoms with Crippen molar-refractivity contribution in [3.63, 3.8) is 0 Å². The highest BCUT2D eigenvalue weighted by Crippen LogP contribution is 2.38. The Balaban J connectivity index is 1.63. The second-order valence-corrected chi connectivity index (χ2v) is 10.2. The van der Waals surface area contributed by atoms with Crippen LogP contribution in [0.3, 0.4) is 0 Å². The lowest BCUT2D eigenvalue weighted by molar-refractivity contribution is 0.0496. The van der Waals surface area contributed by atoms with Gasteiger partial charge in [-0.1, -0.05) is 23.7 Å². The summed E-state index contributed by atoms with van der Waals surface area (Å²) in [4.78, 5) is 23.4. The maximum Gasteiger partial charge on any atom is 0.407 e. The minimum absolute atomic E-state index is 0.0115. The highest BCUT2D eigenvalue weighted by atomic mass is 35.5. The number of amides is 1. The lowest BCUT2D eigenvalue weighted by atomic mass is 10.0. The van der Waals surface area contributed by atoms with Gasteiger partial charge in [-0.25, -0.2) is 14.8 Å². The molecule has 9 nitrogen and oxygen atoms in total. The molecular formula is C27H30ClN5O4. The number of aromatic nitrogens is 2. The number of halogens is 1. The fraction of sp³-hybridized carbons (Fsp3) is 0.407. The predicted molar refractivity (Wildman–Crippen MR) is 142 cm³/mol. The lowest BCUT2D eigenvalue weighted by Gasteiger charge is -2.35. The average Bonchev–Trinajstić information content (AvgIpc) is 2.86. The van der Waals surface area contributed by atoms with E-state index < -0.39 is 11.7 Å². The van der Waals surface area contributed by atoms with Gasteiger partial charge in [0.1, 0.15) is 17.4 Å². The predicted octanol–water partition coefficient (Wildman–Crippen LogP) is 5.30. The third-order valence-corrected chi connectivity index (χ3v) is 6.22. The highest BCUT2D eigenvalue weighted by Gasteiger charge is 2.26. The van der Waals surface area contributed by atoms with Gasteiger partial charge >= 0.3 is 6.09 Å². The van der Waals surface area contributed by atoms with Crippen LogP contribution in [0.2, 0.25) is 5.02 Å². The van der Waals surface area contributed by atoms with E-state index >= 15 is 0 Å². The van der Waals surface area contributed by atoms with Gasteiger partial charge in [0, 0.05) is 49.0 Å². The van der Waals surface area contributed by atoms with Gasteiger partial charge in [-0.2, -0.15) is 5.26 Å². The van der Waals surface area contributed by atoms with Gasteiger partial charge in [-0.05, 0) is 45.7 Å². The fourth-order valence-corrected chi connectivity index (χ4v) is 4.63. The topological polar surface area (TPSA) is 110 Å². The summed E-state index contributed by atoms with van der Waals surface area (Å²) in [5, 5.41) is 13.9. The first kappa shape index (κ1) is 26.5. The van der Waals surface area contributed by atoms with Crippen molar-refractivity contribution < 1.29 is 19.0 Å². The molecule has 1 aromatic carbocycles. The zero-order valence-corrected chi connectivity index (χ0v) is 22.1. The quantitative estimate of drug-likeness (QED) is 0.433. The first-order chi connectivity index (χ1) is 17.7. The molecule has 37 heavy (non-hydrogen) atoms. The van der Waals surface area contributed by atoms with Gasteiger partial charge in [0.2, 0.25) is 0 Å². The molecule has 194 valence electrons. The number of ether oxygens (including phenoxy) is 3. The number of hydrogen-bond acceptors (Lipinski definition) is 8. The van der Waals surface area contributed by atoms with Gasteiger partial charge < -0.3 is 24.4 Å². The molecule has 1 fully saturated rings. The van der Waals surface area contributed by atoms with E-state index in [0.717, 1.165) is 35.0 Å². The van der Waals surface area contributed by atoms with Gasteiger partial charge in [-0.3, -0.25) is 0 Å². The number of rotatable bonds is 6. The summed E-state index contributed by atoms with van der Waals surface area (Å²) in [6.45, 7) is 6.93. The Kier molecular flexibility index (Phi) is 8.00. The van der Waals surface area contributed by atoms with Crippen LogP contribution < -0.4 is 15.0 Å². The van der Waals surface area contributed by atoms with Gasteiger partial charge in [0.15, 0.2) is 12.4 Å². The molecule has 1 saturated heterocycles. The smallest absolute Gasteiger partial charge is 0.407 e. The molecule has 0 unspecified atom stereocenters. The van der Waals surface area contributed by atoms with E-state index in [9.17, 15) is 10.1 Å². The summed E-state index contributed by atoms with van der Waals surface area (Å²) in [7, 11) is 1.53. The van der Waals surface area contributed by atoms with Crippen molar-refractivity contribution in [2.24, 2.45) is 0 Å². The number of carbonyl (C=O) groups excluding carboxylic acids is 1. The monoisotopic (exact) mass is 523 g/mol. The number of nitriles is 1. The molecule has 1 aliphatic heterocycles. The van der Waals surface area contributed by atoms with Crippen LogP contribution in [0.1, 0.15) is 39.2 Å². The molecule has 0 saturated carbocycles. The number of benzene rings is 1. The standard InChI is InChI=1S/C27H30ClN5O4/c1-27(2,3)37-26(34)32-19-8-10-33(11-9-19)23-21-12-18(14-30-25(21)31-15-22(23)28)20-7-5-6-17(13-29)24(20)36-16-35-4/h5-7,12,14-15,19H,8-11,16H2,1-4H3,(H,32,34). The SMILES string of the molecule is COCOc1c(C#N)cccc1-c1cnc2ncc(Cl)c(N3CCC(NC(=O)OC(C)(C)C)CC3)c2c1. The normalized spacial score (nSPS) is 14.3. The van der Waals surface area contributed by atoms with Gasteiger partial charge in [0.05, 0.1) is 22.5 Å². The van der Waals surface area contributed by atoms with E-state index in [4.69, 9.17) is 25.8 Å². The zero-order valence-electron chi connectivity index (χ0n) is 21.4. The van der Waals surface area contributed by atoms with Crippen molar-refractivity contribution in [3.8, 4) is 22.9 Å². The van der Waals surface area contributed by atoms with Crippen molar-refractivity contribution >= 4 is 34.4 Å². The molecule has 0 spiro atoms. The number of nitrogens with one attached hydrogen (secondary N) is 1. The number of para-hydroxylation sites is 1.